The van der Waals surface area contributed by atoms with Crippen LogP contribution in [0.1, 0.15) is 12.5 Å². The summed E-state index contributed by atoms with van der Waals surface area (Å²) in [5.74, 6) is -1.12. The minimum absolute atomic E-state index is 0.0228. The molecule has 0 saturated heterocycles. The smallest absolute Gasteiger partial charge is 0.329 e. The molecule has 0 aliphatic heterocycles. The maximum absolute atomic E-state index is 11.1. The summed E-state index contributed by atoms with van der Waals surface area (Å²) in [6.07, 6.45) is 0. The molecule has 0 saturated carbocycles. The fourth-order valence-electron chi connectivity index (χ4n) is 1.87. The van der Waals surface area contributed by atoms with Gasteiger partial charge in [0.15, 0.2) is 4.87 Å². The molecule has 0 bridgehead atoms. The molecule has 1 atom stereocenters. The largest absolute Gasteiger partial charge is 0.480 e. The zero-order valence-corrected chi connectivity index (χ0v) is 11.9. The zero-order chi connectivity index (χ0) is 15.6. The monoisotopic (exact) mass is 305 g/mol. The van der Waals surface area contributed by atoms with Crippen LogP contribution in [0.15, 0.2) is 48.5 Å². The minimum Gasteiger partial charge on any atom is -0.480 e. The van der Waals surface area contributed by atoms with Crippen molar-refractivity contribution in [2.75, 3.05) is 0 Å². The lowest BCUT2D eigenvalue weighted by atomic mass is 9.97. The van der Waals surface area contributed by atoms with Gasteiger partial charge in [0.2, 0.25) is 0 Å². The van der Waals surface area contributed by atoms with Gasteiger partial charge in [-0.2, -0.15) is 0 Å². The second kappa shape index (κ2) is 5.54. The summed E-state index contributed by atoms with van der Waals surface area (Å²) in [5, 5.41) is 19.7. The first-order chi connectivity index (χ1) is 9.82. The molecule has 0 aliphatic carbocycles. The van der Waals surface area contributed by atoms with Gasteiger partial charge in [-0.05, 0) is 35.7 Å². The van der Waals surface area contributed by atoms with Crippen molar-refractivity contribution in [1.29, 1.82) is 0 Å². The Hall–Kier alpha value is -2.40. The first-order valence-electron chi connectivity index (χ1n) is 6.10. The Bertz CT molecular complexity index is 678. The van der Waals surface area contributed by atoms with Crippen LogP contribution in [0.4, 0.5) is 5.69 Å². The van der Waals surface area contributed by atoms with E-state index in [1.165, 1.54) is 19.1 Å². The summed E-state index contributed by atoms with van der Waals surface area (Å²) in [6, 6.07) is 12.9. The second-order valence-electron chi connectivity index (χ2n) is 4.69. The summed E-state index contributed by atoms with van der Waals surface area (Å²) >= 11 is 5.98. The molecule has 2 rings (SSSR count). The molecule has 0 radical (unpaired) electrons. The molecule has 1 N–H and O–H groups in total. The van der Waals surface area contributed by atoms with Gasteiger partial charge in [0.05, 0.1) is 4.92 Å². The van der Waals surface area contributed by atoms with Gasteiger partial charge >= 0.3 is 5.97 Å². The number of aliphatic carboxylic acids is 1. The van der Waals surface area contributed by atoms with Gasteiger partial charge < -0.3 is 5.11 Å². The highest BCUT2D eigenvalue weighted by atomic mass is 35.5. The van der Waals surface area contributed by atoms with E-state index >= 15 is 0 Å². The van der Waals surface area contributed by atoms with Crippen LogP contribution in [0.25, 0.3) is 11.1 Å². The van der Waals surface area contributed by atoms with E-state index in [2.05, 4.69) is 0 Å². The van der Waals surface area contributed by atoms with Gasteiger partial charge in [-0.3, -0.25) is 10.1 Å². The number of hydrogen-bond donors (Lipinski definition) is 1. The number of carboxylic acids is 1. The molecule has 108 valence electrons. The number of non-ortho nitro benzene ring substituents is 1. The molecule has 2 aromatic rings. The fourth-order valence-corrected chi connectivity index (χ4v) is 2.00. The van der Waals surface area contributed by atoms with Gasteiger partial charge in [-0.15, -0.1) is 11.6 Å². The Balaban J connectivity index is 2.31. The lowest BCUT2D eigenvalue weighted by molar-refractivity contribution is -0.384. The van der Waals surface area contributed by atoms with E-state index < -0.39 is 15.8 Å². The molecule has 2 aromatic carbocycles. The summed E-state index contributed by atoms with van der Waals surface area (Å²) < 4.78 is 0. The van der Waals surface area contributed by atoms with Crippen LogP contribution >= 0.6 is 11.6 Å². The number of nitrogens with zero attached hydrogens (tertiary/aromatic N) is 1. The highest BCUT2D eigenvalue weighted by molar-refractivity contribution is 6.33. The minimum atomic E-state index is -1.48. The van der Waals surface area contributed by atoms with Crippen LogP contribution in [0.2, 0.25) is 0 Å². The molecule has 0 fully saturated rings. The third kappa shape index (κ3) is 3.03. The van der Waals surface area contributed by atoms with E-state index in [1.54, 1.807) is 36.4 Å². The number of hydrogen-bond acceptors (Lipinski definition) is 3. The molecule has 21 heavy (non-hydrogen) atoms. The first kappa shape index (κ1) is 15.0. The topological polar surface area (TPSA) is 80.4 Å². The number of rotatable bonds is 4. The van der Waals surface area contributed by atoms with E-state index in [4.69, 9.17) is 16.7 Å². The first-order valence-corrected chi connectivity index (χ1v) is 6.48. The van der Waals surface area contributed by atoms with Gasteiger partial charge in [-0.1, -0.05) is 24.3 Å². The molecule has 0 aromatic heterocycles. The highest BCUT2D eigenvalue weighted by Gasteiger charge is 2.32. The molecule has 0 spiro atoms. The summed E-state index contributed by atoms with van der Waals surface area (Å²) in [4.78, 5) is 19.7. The fraction of sp³-hybridized carbons (Fsp3) is 0.133. The van der Waals surface area contributed by atoms with Crippen LogP contribution in [0.3, 0.4) is 0 Å². The summed E-state index contributed by atoms with van der Waals surface area (Å²) in [6.45, 7) is 1.41. The normalized spacial score (nSPS) is 13.4. The van der Waals surface area contributed by atoms with Crippen molar-refractivity contribution in [2.24, 2.45) is 0 Å². The van der Waals surface area contributed by atoms with E-state index in [0.717, 1.165) is 11.1 Å². The van der Waals surface area contributed by atoms with E-state index in [1.807, 2.05) is 0 Å². The van der Waals surface area contributed by atoms with Crippen molar-refractivity contribution in [3.05, 3.63) is 64.2 Å². The number of nitro benzene ring substituents is 1. The molecule has 1 unspecified atom stereocenters. The van der Waals surface area contributed by atoms with E-state index in [-0.39, 0.29) is 5.69 Å². The van der Waals surface area contributed by atoms with Crippen molar-refractivity contribution in [3.63, 3.8) is 0 Å². The third-order valence-electron chi connectivity index (χ3n) is 3.24. The second-order valence-corrected chi connectivity index (χ2v) is 5.45. The van der Waals surface area contributed by atoms with Gasteiger partial charge in [0.1, 0.15) is 0 Å². The number of alkyl halides is 1. The van der Waals surface area contributed by atoms with Crippen LogP contribution in [-0.2, 0) is 9.67 Å². The number of nitro groups is 1. The molecular weight excluding hydrogens is 294 g/mol. The van der Waals surface area contributed by atoms with Gasteiger partial charge in [-0.25, -0.2) is 4.79 Å². The van der Waals surface area contributed by atoms with Crippen molar-refractivity contribution >= 4 is 23.3 Å². The summed E-state index contributed by atoms with van der Waals surface area (Å²) in [5.41, 5.74) is 2.13. The van der Waals surface area contributed by atoms with Crippen LogP contribution in [0.5, 0.6) is 0 Å². The van der Waals surface area contributed by atoms with Crippen molar-refractivity contribution in [3.8, 4) is 11.1 Å². The predicted molar refractivity (Wildman–Crippen MR) is 79.4 cm³/mol. The number of halogens is 1. The maximum atomic E-state index is 11.1. The lowest BCUT2D eigenvalue weighted by Gasteiger charge is -2.17. The molecular formula is C15H12ClNO4. The number of carboxylic acid groups (broad SMARTS) is 1. The van der Waals surface area contributed by atoms with Crippen LogP contribution in [-0.4, -0.2) is 16.0 Å². The number of carbonyl (C=O) groups is 1. The molecule has 0 heterocycles. The summed E-state index contributed by atoms with van der Waals surface area (Å²) in [7, 11) is 0. The third-order valence-corrected chi connectivity index (χ3v) is 3.62. The Morgan fingerprint density at radius 1 is 1.10 bits per heavy atom. The Morgan fingerprint density at radius 3 is 1.90 bits per heavy atom. The average Bonchev–Trinajstić information content (AvgIpc) is 2.47. The average molecular weight is 306 g/mol. The van der Waals surface area contributed by atoms with Gasteiger partial charge in [0.25, 0.3) is 5.69 Å². The maximum Gasteiger partial charge on any atom is 0.329 e. The number of benzene rings is 2. The van der Waals surface area contributed by atoms with Gasteiger partial charge in [0, 0.05) is 12.1 Å². The standard InChI is InChI=1S/C15H12ClNO4/c1-15(16,14(18)19)12-6-2-10(3-7-12)11-4-8-13(9-5-11)17(20)21/h2-9H,1H3,(H,18,19). The Kier molecular flexibility index (Phi) is 3.95. The SMILES string of the molecule is CC(Cl)(C(=O)O)c1ccc(-c2ccc([N+](=O)[O-])cc2)cc1. The van der Waals surface area contributed by atoms with Crippen LogP contribution in [0, 0.1) is 10.1 Å². The Labute approximate surface area is 125 Å². The highest BCUT2D eigenvalue weighted by Crippen LogP contribution is 2.31. The molecule has 0 amide bonds. The Morgan fingerprint density at radius 2 is 1.52 bits per heavy atom. The van der Waals surface area contributed by atoms with Crippen molar-refractivity contribution in [1.82, 2.24) is 0 Å². The van der Waals surface area contributed by atoms with Crippen molar-refractivity contribution < 1.29 is 14.8 Å². The lowest BCUT2D eigenvalue weighted by Crippen LogP contribution is -2.25. The van der Waals surface area contributed by atoms with Crippen LogP contribution < -0.4 is 0 Å². The van der Waals surface area contributed by atoms with Crippen molar-refractivity contribution in [2.45, 2.75) is 11.8 Å². The molecule has 0 aliphatic rings. The molecule has 6 heteroatoms. The van der Waals surface area contributed by atoms with E-state index in [0.29, 0.717) is 5.56 Å². The molecule has 5 nitrogen and oxygen atoms in total. The quantitative estimate of drug-likeness (QED) is 0.529. The van der Waals surface area contributed by atoms with E-state index in [9.17, 15) is 14.9 Å². The zero-order valence-electron chi connectivity index (χ0n) is 11.1. The predicted octanol–water partition coefficient (Wildman–Crippen LogP) is 3.80.